The van der Waals surface area contributed by atoms with Crippen LogP contribution in [0.15, 0.2) is 35.7 Å². The van der Waals surface area contributed by atoms with Gasteiger partial charge >= 0.3 is 0 Å². The third-order valence-electron chi connectivity index (χ3n) is 3.15. The van der Waals surface area contributed by atoms with Crippen LogP contribution in [0.3, 0.4) is 0 Å². The second-order valence-corrected chi connectivity index (χ2v) is 6.05. The fourth-order valence-corrected chi connectivity index (χ4v) is 3.02. The van der Waals surface area contributed by atoms with E-state index in [1.165, 1.54) is 17.4 Å². The molecular weight excluding hydrogens is 289 g/mol. The Labute approximate surface area is 128 Å². The van der Waals surface area contributed by atoms with Gasteiger partial charge in [-0.05, 0) is 36.2 Å². The first-order valence-electron chi connectivity index (χ1n) is 6.78. The van der Waals surface area contributed by atoms with Crippen molar-refractivity contribution >= 4 is 11.3 Å². The summed E-state index contributed by atoms with van der Waals surface area (Å²) in [5.41, 5.74) is 1.65. The summed E-state index contributed by atoms with van der Waals surface area (Å²) in [7, 11) is 3.49. The number of hydrogen-bond donors (Lipinski definition) is 1. The summed E-state index contributed by atoms with van der Waals surface area (Å²) < 4.78 is 18.8. The highest BCUT2D eigenvalue weighted by atomic mass is 32.1. The molecule has 2 rings (SSSR count). The van der Waals surface area contributed by atoms with Gasteiger partial charge in [-0.3, -0.25) is 4.90 Å². The minimum absolute atomic E-state index is 0.205. The zero-order valence-corrected chi connectivity index (χ0v) is 13.1. The molecule has 1 N–H and O–H groups in total. The van der Waals surface area contributed by atoms with E-state index in [0.717, 1.165) is 10.4 Å². The minimum atomic E-state index is -0.516. The maximum Gasteiger partial charge on any atom is 0.131 e. The Morgan fingerprint density at radius 1 is 1.38 bits per heavy atom. The van der Waals surface area contributed by atoms with Gasteiger partial charge in [-0.2, -0.15) is 0 Å². The molecule has 0 aliphatic carbocycles. The number of nitrogens with zero attached hydrogens (tertiary/aromatic N) is 1. The molecule has 0 aliphatic heterocycles. The molecule has 0 amide bonds. The van der Waals surface area contributed by atoms with Gasteiger partial charge in [0.15, 0.2) is 0 Å². The Morgan fingerprint density at radius 2 is 2.19 bits per heavy atom. The van der Waals surface area contributed by atoms with Gasteiger partial charge in [-0.25, -0.2) is 4.39 Å². The first kappa shape index (κ1) is 16.1. The maximum atomic E-state index is 13.9. The summed E-state index contributed by atoms with van der Waals surface area (Å²) in [6.07, 6.45) is -0.516. The number of aliphatic hydroxyl groups excluding tert-OH is 1. The van der Waals surface area contributed by atoms with Gasteiger partial charge in [0, 0.05) is 30.6 Å². The molecule has 2 aromatic rings. The lowest BCUT2D eigenvalue weighted by molar-refractivity contribution is 0.0419. The van der Waals surface area contributed by atoms with E-state index in [0.29, 0.717) is 25.3 Å². The fourth-order valence-electron chi connectivity index (χ4n) is 2.27. The number of likely N-dealkylation sites (N-methyl/N-ethyl adjacent to an activating group) is 1. The summed E-state index contributed by atoms with van der Waals surface area (Å²) in [5, 5.41) is 11.7. The van der Waals surface area contributed by atoms with Crippen molar-refractivity contribution in [3.63, 3.8) is 0 Å². The number of rotatable bonds is 7. The Balaban J connectivity index is 2.06. The molecule has 3 nitrogen and oxygen atoms in total. The molecule has 0 bridgehead atoms. The third-order valence-corrected chi connectivity index (χ3v) is 4.05. The first-order valence-corrected chi connectivity index (χ1v) is 7.66. The number of hydrogen-bond acceptors (Lipinski definition) is 4. The molecule has 1 unspecified atom stereocenters. The van der Waals surface area contributed by atoms with Crippen LogP contribution < -0.4 is 0 Å². The van der Waals surface area contributed by atoms with Crippen LogP contribution in [0.4, 0.5) is 4.39 Å². The monoisotopic (exact) mass is 309 g/mol. The molecular formula is C16H20FNO2S. The first-order chi connectivity index (χ1) is 10.1. The van der Waals surface area contributed by atoms with Gasteiger partial charge in [0.2, 0.25) is 0 Å². The zero-order valence-electron chi connectivity index (χ0n) is 12.3. The molecule has 114 valence electrons. The summed E-state index contributed by atoms with van der Waals surface area (Å²) in [6, 6.07) is 8.99. The largest absolute Gasteiger partial charge is 0.389 e. The number of ether oxygens (including phenoxy) is 1. The number of benzene rings is 1. The molecule has 0 fully saturated rings. The molecule has 21 heavy (non-hydrogen) atoms. The summed E-state index contributed by atoms with van der Waals surface area (Å²) in [6.45, 7) is 1.48. The van der Waals surface area contributed by atoms with Crippen LogP contribution in [0.5, 0.6) is 0 Å². The fraction of sp³-hybridized carbons (Fsp3) is 0.375. The summed E-state index contributed by atoms with van der Waals surface area (Å²) >= 11 is 1.52. The maximum absolute atomic E-state index is 13.9. The second-order valence-electron chi connectivity index (χ2n) is 5.10. The number of halogens is 1. The lowest BCUT2D eigenvalue weighted by Crippen LogP contribution is -2.31. The van der Waals surface area contributed by atoms with Crippen molar-refractivity contribution in [2.75, 3.05) is 27.3 Å². The molecule has 1 heterocycles. The van der Waals surface area contributed by atoms with Crippen LogP contribution in [-0.4, -0.2) is 43.4 Å². The zero-order chi connectivity index (χ0) is 15.2. The standard InChI is InChI=1S/C16H20FNO2S/c1-18(10-13(19)11-20-2)9-12-5-6-15(17)14(8-12)16-4-3-7-21-16/h3-8,13,19H,9-11H2,1-2H3. The van der Waals surface area contributed by atoms with E-state index in [1.54, 1.807) is 13.2 Å². The molecule has 5 heteroatoms. The predicted octanol–water partition coefficient (Wildman–Crippen LogP) is 2.99. The lowest BCUT2D eigenvalue weighted by Gasteiger charge is -2.20. The average molecular weight is 309 g/mol. The van der Waals surface area contributed by atoms with E-state index in [2.05, 4.69) is 0 Å². The number of methoxy groups -OCH3 is 1. The van der Waals surface area contributed by atoms with E-state index in [1.807, 2.05) is 35.5 Å². The van der Waals surface area contributed by atoms with Gasteiger partial charge < -0.3 is 9.84 Å². The molecule has 0 spiro atoms. The Morgan fingerprint density at radius 3 is 2.86 bits per heavy atom. The van der Waals surface area contributed by atoms with Gasteiger partial charge in [-0.15, -0.1) is 11.3 Å². The summed E-state index contributed by atoms with van der Waals surface area (Å²) in [4.78, 5) is 2.92. The van der Waals surface area contributed by atoms with E-state index >= 15 is 0 Å². The number of thiophene rings is 1. The second kappa shape index (κ2) is 7.66. The van der Waals surface area contributed by atoms with Crippen LogP contribution in [0.2, 0.25) is 0 Å². The van der Waals surface area contributed by atoms with Crippen molar-refractivity contribution in [1.29, 1.82) is 0 Å². The van der Waals surface area contributed by atoms with Crippen molar-refractivity contribution < 1.29 is 14.2 Å². The molecule has 1 aromatic heterocycles. The number of aliphatic hydroxyl groups is 1. The molecule has 1 atom stereocenters. The smallest absolute Gasteiger partial charge is 0.131 e. The Hall–Kier alpha value is -1.27. The van der Waals surface area contributed by atoms with Crippen molar-refractivity contribution in [3.05, 3.63) is 47.1 Å². The SMILES string of the molecule is COCC(O)CN(C)Cc1ccc(F)c(-c2cccs2)c1. The molecule has 0 saturated carbocycles. The molecule has 0 aliphatic rings. The lowest BCUT2D eigenvalue weighted by atomic mass is 10.1. The van der Waals surface area contributed by atoms with Crippen molar-refractivity contribution in [2.24, 2.45) is 0 Å². The minimum Gasteiger partial charge on any atom is -0.389 e. The Kier molecular flexibility index (Phi) is 5.87. The van der Waals surface area contributed by atoms with Crippen LogP contribution in [0.25, 0.3) is 10.4 Å². The highest BCUT2D eigenvalue weighted by Crippen LogP contribution is 2.28. The van der Waals surface area contributed by atoms with Gasteiger partial charge in [-0.1, -0.05) is 12.1 Å². The van der Waals surface area contributed by atoms with Gasteiger partial charge in [0.05, 0.1) is 12.7 Å². The molecule has 0 saturated heterocycles. The third kappa shape index (κ3) is 4.61. The topological polar surface area (TPSA) is 32.7 Å². The van der Waals surface area contributed by atoms with E-state index < -0.39 is 6.10 Å². The van der Waals surface area contributed by atoms with Crippen molar-refractivity contribution in [2.45, 2.75) is 12.6 Å². The van der Waals surface area contributed by atoms with Crippen LogP contribution >= 0.6 is 11.3 Å². The van der Waals surface area contributed by atoms with Crippen LogP contribution in [0, 0.1) is 5.82 Å². The van der Waals surface area contributed by atoms with Crippen molar-refractivity contribution in [3.8, 4) is 10.4 Å². The van der Waals surface area contributed by atoms with Crippen molar-refractivity contribution in [1.82, 2.24) is 4.90 Å². The van der Waals surface area contributed by atoms with E-state index in [-0.39, 0.29) is 5.82 Å². The predicted molar refractivity (Wildman–Crippen MR) is 83.9 cm³/mol. The van der Waals surface area contributed by atoms with Gasteiger partial charge in [0.1, 0.15) is 5.82 Å². The highest BCUT2D eigenvalue weighted by Gasteiger charge is 2.11. The Bertz CT molecular complexity index is 559. The van der Waals surface area contributed by atoms with Gasteiger partial charge in [0.25, 0.3) is 0 Å². The highest BCUT2D eigenvalue weighted by molar-refractivity contribution is 7.13. The van der Waals surface area contributed by atoms with E-state index in [4.69, 9.17) is 4.74 Å². The van der Waals surface area contributed by atoms with Crippen LogP contribution in [0.1, 0.15) is 5.56 Å². The normalized spacial score (nSPS) is 12.8. The molecule has 0 radical (unpaired) electrons. The van der Waals surface area contributed by atoms with Crippen LogP contribution in [-0.2, 0) is 11.3 Å². The van der Waals surface area contributed by atoms with E-state index in [9.17, 15) is 9.50 Å². The molecule has 1 aromatic carbocycles. The summed E-state index contributed by atoms with van der Waals surface area (Å²) in [5.74, 6) is -0.205. The average Bonchev–Trinajstić information content (AvgIpc) is 2.95. The quantitative estimate of drug-likeness (QED) is 0.853.